The molecule has 0 fully saturated rings. The SMILES string of the molecule is CN(C)CCC(=O)Nc1ccc2c(c1)CCCN2. The molecule has 0 aromatic heterocycles. The summed E-state index contributed by atoms with van der Waals surface area (Å²) >= 11 is 0. The van der Waals surface area contributed by atoms with E-state index in [1.807, 2.05) is 25.1 Å². The van der Waals surface area contributed by atoms with Crippen LogP contribution >= 0.6 is 0 Å². The predicted octanol–water partition coefficient (Wildman–Crippen LogP) is 1.93. The van der Waals surface area contributed by atoms with Crippen molar-refractivity contribution in [3.8, 4) is 0 Å². The van der Waals surface area contributed by atoms with Crippen LogP contribution in [-0.4, -0.2) is 38.0 Å². The average molecular weight is 247 g/mol. The van der Waals surface area contributed by atoms with Crippen LogP contribution in [0.4, 0.5) is 11.4 Å². The van der Waals surface area contributed by atoms with Crippen molar-refractivity contribution in [3.63, 3.8) is 0 Å². The monoisotopic (exact) mass is 247 g/mol. The van der Waals surface area contributed by atoms with Crippen LogP contribution in [-0.2, 0) is 11.2 Å². The molecular weight excluding hydrogens is 226 g/mol. The number of carbonyl (C=O) groups excluding carboxylic acids is 1. The van der Waals surface area contributed by atoms with Gasteiger partial charge in [-0.25, -0.2) is 0 Å². The highest BCUT2D eigenvalue weighted by Gasteiger charge is 2.10. The molecular formula is C14H21N3O. The largest absolute Gasteiger partial charge is 0.385 e. The van der Waals surface area contributed by atoms with E-state index in [0.717, 1.165) is 31.6 Å². The highest BCUT2D eigenvalue weighted by Crippen LogP contribution is 2.25. The quantitative estimate of drug-likeness (QED) is 0.854. The summed E-state index contributed by atoms with van der Waals surface area (Å²) in [7, 11) is 3.94. The van der Waals surface area contributed by atoms with Crippen molar-refractivity contribution in [1.29, 1.82) is 0 Å². The summed E-state index contributed by atoms with van der Waals surface area (Å²) in [5.41, 5.74) is 3.40. The molecule has 0 saturated heterocycles. The lowest BCUT2D eigenvalue weighted by Crippen LogP contribution is -2.21. The molecule has 0 radical (unpaired) electrons. The average Bonchev–Trinajstić information content (AvgIpc) is 2.36. The minimum absolute atomic E-state index is 0.0763. The number of hydrogen-bond donors (Lipinski definition) is 2. The van der Waals surface area contributed by atoms with Crippen molar-refractivity contribution >= 4 is 17.3 Å². The number of nitrogens with zero attached hydrogens (tertiary/aromatic N) is 1. The molecule has 0 unspecified atom stereocenters. The van der Waals surface area contributed by atoms with E-state index in [1.165, 1.54) is 11.3 Å². The van der Waals surface area contributed by atoms with Gasteiger partial charge in [0, 0.05) is 30.9 Å². The van der Waals surface area contributed by atoms with E-state index < -0.39 is 0 Å². The third-order valence-electron chi connectivity index (χ3n) is 3.11. The van der Waals surface area contributed by atoms with Crippen molar-refractivity contribution in [2.24, 2.45) is 0 Å². The molecule has 1 aromatic rings. The Balaban J connectivity index is 1.95. The maximum atomic E-state index is 11.7. The second-order valence-electron chi connectivity index (χ2n) is 5.00. The van der Waals surface area contributed by atoms with E-state index in [0.29, 0.717) is 6.42 Å². The van der Waals surface area contributed by atoms with Crippen LogP contribution < -0.4 is 10.6 Å². The van der Waals surface area contributed by atoms with Crippen LogP contribution in [0.1, 0.15) is 18.4 Å². The Morgan fingerprint density at radius 1 is 1.44 bits per heavy atom. The van der Waals surface area contributed by atoms with Crippen molar-refractivity contribution in [3.05, 3.63) is 23.8 Å². The Bertz CT molecular complexity index is 429. The van der Waals surface area contributed by atoms with Crippen molar-refractivity contribution in [2.45, 2.75) is 19.3 Å². The molecule has 2 rings (SSSR count). The molecule has 1 amide bonds. The Hall–Kier alpha value is -1.55. The molecule has 98 valence electrons. The van der Waals surface area contributed by atoms with Gasteiger partial charge < -0.3 is 15.5 Å². The summed E-state index contributed by atoms with van der Waals surface area (Å²) in [5.74, 6) is 0.0763. The number of amides is 1. The second kappa shape index (κ2) is 5.87. The zero-order valence-corrected chi connectivity index (χ0v) is 11.1. The van der Waals surface area contributed by atoms with Crippen LogP contribution in [0.15, 0.2) is 18.2 Å². The molecule has 0 aliphatic carbocycles. The van der Waals surface area contributed by atoms with E-state index in [4.69, 9.17) is 0 Å². The van der Waals surface area contributed by atoms with Gasteiger partial charge in [-0.2, -0.15) is 0 Å². The highest BCUT2D eigenvalue weighted by atomic mass is 16.1. The van der Waals surface area contributed by atoms with Crippen LogP contribution in [0.2, 0.25) is 0 Å². The van der Waals surface area contributed by atoms with Gasteiger partial charge in [0.1, 0.15) is 0 Å². The van der Waals surface area contributed by atoms with Crippen LogP contribution in [0.25, 0.3) is 0 Å². The van der Waals surface area contributed by atoms with Gasteiger partial charge in [-0.1, -0.05) is 0 Å². The first-order chi connectivity index (χ1) is 8.65. The van der Waals surface area contributed by atoms with Gasteiger partial charge in [-0.15, -0.1) is 0 Å². The molecule has 1 aliphatic rings. The van der Waals surface area contributed by atoms with Crippen molar-refractivity contribution in [1.82, 2.24) is 4.90 Å². The Morgan fingerprint density at radius 3 is 3.06 bits per heavy atom. The van der Waals surface area contributed by atoms with E-state index in [9.17, 15) is 4.79 Å². The molecule has 4 nitrogen and oxygen atoms in total. The van der Waals surface area contributed by atoms with Crippen molar-refractivity contribution < 1.29 is 4.79 Å². The molecule has 0 atom stereocenters. The molecule has 18 heavy (non-hydrogen) atoms. The molecule has 1 aliphatic heterocycles. The fraction of sp³-hybridized carbons (Fsp3) is 0.500. The smallest absolute Gasteiger partial charge is 0.225 e. The summed E-state index contributed by atoms with van der Waals surface area (Å²) < 4.78 is 0. The van der Waals surface area contributed by atoms with Gasteiger partial charge in [0.15, 0.2) is 0 Å². The third kappa shape index (κ3) is 3.47. The number of nitrogens with one attached hydrogen (secondary N) is 2. The maximum absolute atomic E-state index is 11.7. The normalized spacial score (nSPS) is 13.9. The maximum Gasteiger partial charge on any atom is 0.225 e. The van der Waals surface area contributed by atoms with Gasteiger partial charge in [0.25, 0.3) is 0 Å². The number of fused-ring (bicyclic) bond motifs is 1. The standard InChI is InChI=1S/C14H21N3O/c1-17(2)9-7-14(18)16-12-5-6-13-11(10-12)4-3-8-15-13/h5-6,10,15H,3-4,7-9H2,1-2H3,(H,16,18). The molecule has 0 saturated carbocycles. The Morgan fingerprint density at radius 2 is 2.28 bits per heavy atom. The summed E-state index contributed by atoms with van der Waals surface area (Å²) in [6.07, 6.45) is 2.77. The fourth-order valence-electron chi connectivity index (χ4n) is 2.10. The molecule has 0 bridgehead atoms. The van der Waals surface area contributed by atoms with E-state index in [-0.39, 0.29) is 5.91 Å². The van der Waals surface area contributed by atoms with Crippen LogP contribution in [0.3, 0.4) is 0 Å². The first-order valence-electron chi connectivity index (χ1n) is 6.46. The molecule has 0 spiro atoms. The number of hydrogen-bond acceptors (Lipinski definition) is 3. The zero-order valence-electron chi connectivity index (χ0n) is 11.1. The van der Waals surface area contributed by atoms with E-state index >= 15 is 0 Å². The van der Waals surface area contributed by atoms with Gasteiger partial charge in [0.05, 0.1) is 0 Å². The summed E-state index contributed by atoms with van der Waals surface area (Å²) in [4.78, 5) is 13.7. The Labute approximate surface area is 108 Å². The topological polar surface area (TPSA) is 44.4 Å². The number of anilines is 2. The van der Waals surface area contributed by atoms with Gasteiger partial charge in [0.2, 0.25) is 5.91 Å². The zero-order chi connectivity index (χ0) is 13.0. The summed E-state index contributed by atoms with van der Waals surface area (Å²) in [6, 6.07) is 6.09. The van der Waals surface area contributed by atoms with Gasteiger partial charge in [-0.3, -0.25) is 4.79 Å². The van der Waals surface area contributed by atoms with E-state index in [1.54, 1.807) is 0 Å². The summed E-state index contributed by atoms with van der Waals surface area (Å²) in [6.45, 7) is 1.82. The first-order valence-corrected chi connectivity index (χ1v) is 6.46. The fourth-order valence-corrected chi connectivity index (χ4v) is 2.10. The third-order valence-corrected chi connectivity index (χ3v) is 3.11. The lowest BCUT2D eigenvalue weighted by atomic mass is 10.0. The minimum atomic E-state index is 0.0763. The number of carbonyl (C=O) groups is 1. The Kier molecular flexibility index (Phi) is 4.20. The minimum Gasteiger partial charge on any atom is -0.385 e. The van der Waals surface area contributed by atoms with E-state index in [2.05, 4.69) is 22.8 Å². The molecule has 1 aromatic carbocycles. The number of aryl methyl sites for hydroxylation is 1. The lowest BCUT2D eigenvalue weighted by molar-refractivity contribution is -0.116. The van der Waals surface area contributed by atoms with Crippen molar-refractivity contribution in [2.75, 3.05) is 37.8 Å². The molecule has 4 heteroatoms. The lowest BCUT2D eigenvalue weighted by Gasteiger charge is -2.19. The van der Waals surface area contributed by atoms with Crippen LogP contribution in [0, 0.1) is 0 Å². The summed E-state index contributed by atoms with van der Waals surface area (Å²) in [5, 5.41) is 6.32. The number of benzene rings is 1. The highest BCUT2D eigenvalue weighted by molar-refractivity contribution is 5.91. The number of rotatable bonds is 4. The second-order valence-corrected chi connectivity index (χ2v) is 5.00. The van der Waals surface area contributed by atoms with Gasteiger partial charge >= 0.3 is 0 Å². The molecule has 2 N–H and O–H groups in total. The van der Waals surface area contributed by atoms with Gasteiger partial charge in [-0.05, 0) is 50.7 Å². The predicted molar refractivity (Wildman–Crippen MR) is 75.1 cm³/mol. The van der Waals surface area contributed by atoms with Crippen LogP contribution in [0.5, 0.6) is 0 Å². The molecule has 1 heterocycles. The first kappa shape index (κ1) is 12.9.